The van der Waals surface area contributed by atoms with Crippen LogP contribution in [0.5, 0.6) is 5.75 Å². The van der Waals surface area contributed by atoms with Crippen molar-refractivity contribution in [3.05, 3.63) is 29.3 Å². The average molecular weight is 290 g/mol. The van der Waals surface area contributed by atoms with E-state index in [0.717, 1.165) is 38.4 Å². The van der Waals surface area contributed by atoms with E-state index in [1.165, 1.54) is 11.1 Å². The van der Waals surface area contributed by atoms with Crippen molar-refractivity contribution in [2.45, 2.75) is 52.6 Å². The second kappa shape index (κ2) is 6.80. The van der Waals surface area contributed by atoms with Crippen LogP contribution in [-0.4, -0.2) is 36.7 Å². The molecule has 1 heterocycles. The number of nitrogens with zero attached hydrogens (tertiary/aromatic N) is 1. The number of ether oxygens (including phenoxy) is 1. The summed E-state index contributed by atoms with van der Waals surface area (Å²) < 4.78 is 5.94. The molecule has 1 aromatic rings. The molecule has 0 saturated carbocycles. The van der Waals surface area contributed by atoms with Crippen LogP contribution in [0.15, 0.2) is 18.2 Å². The van der Waals surface area contributed by atoms with Crippen molar-refractivity contribution in [1.29, 1.82) is 0 Å². The molecule has 1 aliphatic heterocycles. The van der Waals surface area contributed by atoms with Gasteiger partial charge in [0.2, 0.25) is 0 Å². The third-order valence-corrected chi connectivity index (χ3v) is 4.75. The summed E-state index contributed by atoms with van der Waals surface area (Å²) in [5, 5.41) is 3.70. The summed E-state index contributed by atoms with van der Waals surface area (Å²) in [4.78, 5) is 2.52. The lowest BCUT2D eigenvalue weighted by molar-refractivity contribution is 0.0906. The monoisotopic (exact) mass is 290 g/mol. The summed E-state index contributed by atoms with van der Waals surface area (Å²) in [6, 6.07) is 6.86. The van der Waals surface area contributed by atoms with Gasteiger partial charge in [0.05, 0.1) is 12.6 Å². The van der Waals surface area contributed by atoms with E-state index >= 15 is 0 Å². The number of rotatable bonds is 7. The highest BCUT2D eigenvalue weighted by Gasteiger charge is 2.37. The topological polar surface area (TPSA) is 24.5 Å². The van der Waals surface area contributed by atoms with Crippen LogP contribution >= 0.6 is 0 Å². The van der Waals surface area contributed by atoms with Gasteiger partial charge in [0, 0.05) is 17.5 Å². The third kappa shape index (κ3) is 3.09. The quantitative estimate of drug-likeness (QED) is 0.833. The van der Waals surface area contributed by atoms with Gasteiger partial charge in [0.1, 0.15) is 5.75 Å². The van der Waals surface area contributed by atoms with Crippen LogP contribution in [0.4, 0.5) is 0 Å². The first-order valence-corrected chi connectivity index (χ1v) is 8.29. The number of nitrogens with one attached hydrogen (secondary N) is 1. The number of para-hydroxylation sites is 1. The summed E-state index contributed by atoms with van der Waals surface area (Å²) in [5.74, 6) is 1.11. The second-order valence-electron chi connectivity index (χ2n) is 6.25. The fourth-order valence-electron chi connectivity index (χ4n) is 3.63. The van der Waals surface area contributed by atoms with Gasteiger partial charge in [-0.2, -0.15) is 0 Å². The van der Waals surface area contributed by atoms with Crippen LogP contribution < -0.4 is 10.1 Å². The highest BCUT2D eigenvalue weighted by atomic mass is 16.5. The van der Waals surface area contributed by atoms with Crippen LogP contribution in [-0.2, 0) is 6.42 Å². The van der Waals surface area contributed by atoms with E-state index < -0.39 is 0 Å². The van der Waals surface area contributed by atoms with Gasteiger partial charge in [-0.15, -0.1) is 0 Å². The number of fused-ring (bicyclic) bond motifs is 1. The minimum Gasteiger partial charge on any atom is -0.493 e. The molecule has 1 atom stereocenters. The standard InChI is InChI=1S/C18H30N2O/c1-6-19-17(18(4,5)20(7-2)8-3)15-11-9-10-14-12-13-21-16(14)15/h9-11,17,19H,6-8,12-13H2,1-5H3. The Morgan fingerprint density at radius 2 is 1.95 bits per heavy atom. The fraction of sp³-hybridized carbons (Fsp3) is 0.667. The zero-order chi connectivity index (χ0) is 15.5. The largest absolute Gasteiger partial charge is 0.493 e. The average Bonchev–Trinajstić information content (AvgIpc) is 2.94. The van der Waals surface area contributed by atoms with Crippen LogP contribution in [0, 0.1) is 0 Å². The fourth-order valence-corrected chi connectivity index (χ4v) is 3.63. The molecule has 3 nitrogen and oxygen atoms in total. The molecule has 1 aromatic carbocycles. The van der Waals surface area contributed by atoms with Crippen molar-refractivity contribution in [2.75, 3.05) is 26.2 Å². The van der Waals surface area contributed by atoms with Crippen LogP contribution in [0.3, 0.4) is 0 Å². The van der Waals surface area contributed by atoms with E-state index in [-0.39, 0.29) is 11.6 Å². The predicted molar refractivity (Wildman–Crippen MR) is 89.1 cm³/mol. The van der Waals surface area contributed by atoms with Gasteiger partial charge in [-0.05, 0) is 39.0 Å². The van der Waals surface area contributed by atoms with Crippen molar-refractivity contribution >= 4 is 0 Å². The number of hydrogen-bond donors (Lipinski definition) is 1. The minimum absolute atomic E-state index is 0.0422. The van der Waals surface area contributed by atoms with E-state index in [0.29, 0.717) is 0 Å². The first-order valence-electron chi connectivity index (χ1n) is 8.29. The Morgan fingerprint density at radius 3 is 2.57 bits per heavy atom. The first-order chi connectivity index (χ1) is 10.1. The molecule has 0 bridgehead atoms. The Balaban J connectivity index is 2.42. The molecule has 1 aliphatic rings. The number of likely N-dealkylation sites (N-methyl/N-ethyl adjacent to an activating group) is 2. The molecule has 0 aromatic heterocycles. The number of hydrogen-bond acceptors (Lipinski definition) is 3. The second-order valence-corrected chi connectivity index (χ2v) is 6.25. The molecule has 0 radical (unpaired) electrons. The summed E-state index contributed by atoms with van der Waals surface area (Å²) in [6.07, 6.45) is 1.04. The molecule has 0 fully saturated rings. The van der Waals surface area contributed by atoms with Gasteiger partial charge in [-0.3, -0.25) is 4.90 Å². The Hall–Kier alpha value is -1.06. The lowest BCUT2D eigenvalue weighted by atomic mass is 9.85. The molecule has 0 spiro atoms. The number of benzene rings is 1. The lowest BCUT2D eigenvalue weighted by Gasteiger charge is -2.44. The van der Waals surface area contributed by atoms with E-state index in [1.807, 2.05) is 0 Å². The van der Waals surface area contributed by atoms with Crippen molar-refractivity contribution in [3.8, 4) is 5.75 Å². The van der Waals surface area contributed by atoms with Crippen molar-refractivity contribution < 1.29 is 4.74 Å². The zero-order valence-corrected chi connectivity index (χ0v) is 14.2. The van der Waals surface area contributed by atoms with Crippen LogP contribution in [0.2, 0.25) is 0 Å². The van der Waals surface area contributed by atoms with Crippen molar-refractivity contribution in [2.24, 2.45) is 0 Å². The van der Waals surface area contributed by atoms with Gasteiger partial charge in [-0.25, -0.2) is 0 Å². The molecular weight excluding hydrogens is 260 g/mol. The molecule has 1 unspecified atom stereocenters. The van der Waals surface area contributed by atoms with E-state index in [1.54, 1.807) is 0 Å². The maximum absolute atomic E-state index is 5.94. The highest BCUT2D eigenvalue weighted by molar-refractivity contribution is 5.46. The smallest absolute Gasteiger partial charge is 0.127 e. The first kappa shape index (κ1) is 16.3. The lowest BCUT2D eigenvalue weighted by Crippen LogP contribution is -2.52. The van der Waals surface area contributed by atoms with E-state index in [9.17, 15) is 0 Å². The summed E-state index contributed by atoms with van der Waals surface area (Å²) in [7, 11) is 0. The van der Waals surface area contributed by atoms with E-state index in [4.69, 9.17) is 4.74 Å². The maximum atomic E-state index is 5.94. The summed E-state index contributed by atoms with van der Waals surface area (Å²) in [5.41, 5.74) is 2.70. The molecule has 2 rings (SSSR count). The van der Waals surface area contributed by atoms with E-state index in [2.05, 4.69) is 63.0 Å². The molecule has 3 heteroatoms. The SMILES string of the molecule is CCNC(c1cccc2c1OCC2)C(C)(C)N(CC)CC. The minimum atomic E-state index is 0.0422. The normalized spacial score (nSPS) is 15.9. The van der Waals surface area contributed by atoms with Crippen LogP contribution in [0.25, 0.3) is 0 Å². The van der Waals surface area contributed by atoms with Gasteiger partial charge in [0.15, 0.2) is 0 Å². The van der Waals surface area contributed by atoms with Crippen molar-refractivity contribution in [1.82, 2.24) is 10.2 Å². The summed E-state index contributed by atoms with van der Waals surface area (Å²) in [6.45, 7) is 15.2. The predicted octanol–water partition coefficient (Wildman–Crippen LogP) is 3.39. The molecule has 0 amide bonds. The zero-order valence-electron chi connectivity index (χ0n) is 14.2. The van der Waals surface area contributed by atoms with Crippen molar-refractivity contribution in [3.63, 3.8) is 0 Å². The molecule has 0 aliphatic carbocycles. The van der Waals surface area contributed by atoms with Crippen LogP contribution in [0.1, 0.15) is 51.8 Å². The Kier molecular flexibility index (Phi) is 5.28. The Bertz CT molecular complexity index is 466. The Labute approximate surface area is 129 Å². The molecule has 21 heavy (non-hydrogen) atoms. The van der Waals surface area contributed by atoms with Gasteiger partial charge in [-0.1, -0.05) is 39.0 Å². The summed E-state index contributed by atoms with van der Waals surface area (Å²) >= 11 is 0. The Morgan fingerprint density at radius 1 is 1.24 bits per heavy atom. The van der Waals surface area contributed by atoms with Gasteiger partial charge in [0.25, 0.3) is 0 Å². The van der Waals surface area contributed by atoms with Gasteiger partial charge < -0.3 is 10.1 Å². The molecule has 1 N–H and O–H groups in total. The maximum Gasteiger partial charge on any atom is 0.127 e. The highest BCUT2D eigenvalue weighted by Crippen LogP contribution is 2.39. The third-order valence-electron chi connectivity index (χ3n) is 4.75. The molecule has 118 valence electrons. The molecular formula is C18H30N2O. The van der Waals surface area contributed by atoms with Gasteiger partial charge >= 0.3 is 0 Å². The molecule has 0 saturated heterocycles.